The maximum Gasteiger partial charge on any atom is 0.344 e. The smallest absolute Gasteiger partial charge is 0.344 e. The quantitative estimate of drug-likeness (QED) is 0.145. The number of rotatable bonds is 8. The molecule has 2 bridgehead atoms. The van der Waals surface area contributed by atoms with E-state index in [1.165, 1.54) is 33.3 Å². The van der Waals surface area contributed by atoms with E-state index in [2.05, 4.69) is 32.3 Å². The van der Waals surface area contributed by atoms with Gasteiger partial charge in [0.2, 0.25) is 5.60 Å². The van der Waals surface area contributed by atoms with Gasteiger partial charge < -0.3 is 49.5 Å². The molecule has 3 aromatic rings. The van der Waals surface area contributed by atoms with Crippen molar-refractivity contribution in [1.29, 1.82) is 0 Å². The third-order valence-corrected chi connectivity index (χ3v) is 16.3. The fraction of sp³-hybridized carbons (Fsp3) is 0.583. The molecule has 1 spiro atoms. The molecule has 1 saturated carbocycles. The molecule has 64 heavy (non-hydrogen) atoms. The van der Waals surface area contributed by atoms with E-state index in [1.54, 1.807) is 20.2 Å². The minimum absolute atomic E-state index is 0.174. The number of aromatic amines is 1. The molecule has 2 amide bonds. The summed E-state index contributed by atoms with van der Waals surface area (Å²) in [7, 11) is 7.59. The summed E-state index contributed by atoms with van der Waals surface area (Å²) in [5.74, 6) is -2.30. The Kier molecular flexibility index (Phi) is 10.6. The number of likely N-dealkylation sites (N-methyl/N-ethyl adjacent to an activating group) is 1. The third-order valence-electron chi connectivity index (χ3n) is 16.3. The van der Waals surface area contributed by atoms with Crippen LogP contribution in [0.3, 0.4) is 0 Å². The van der Waals surface area contributed by atoms with Crippen LogP contribution in [-0.4, -0.2) is 141 Å². The second-order valence-electron chi connectivity index (χ2n) is 19.1. The second-order valence-corrected chi connectivity index (χ2v) is 19.1. The molecule has 9 rings (SSSR count). The van der Waals surface area contributed by atoms with E-state index in [9.17, 15) is 19.5 Å². The average molecular weight is 885 g/mol. The van der Waals surface area contributed by atoms with Crippen molar-refractivity contribution in [3.63, 3.8) is 0 Å². The lowest BCUT2D eigenvalue weighted by Crippen LogP contribution is -2.81. The van der Waals surface area contributed by atoms with E-state index in [0.29, 0.717) is 98.4 Å². The summed E-state index contributed by atoms with van der Waals surface area (Å²) in [6, 6.07) is 6.90. The predicted octanol–water partition coefficient (Wildman–Crippen LogP) is 4.07. The van der Waals surface area contributed by atoms with Crippen molar-refractivity contribution < 1.29 is 47.6 Å². The molecule has 6 aliphatic rings. The molecule has 10 atom stereocenters. The van der Waals surface area contributed by atoms with Crippen LogP contribution in [-0.2, 0) is 45.8 Å². The lowest BCUT2D eigenvalue weighted by Gasteiger charge is -2.63. The fourth-order valence-electron chi connectivity index (χ4n) is 14.0. The monoisotopic (exact) mass is 884 g/mol. The number of fused-ring (bicyclic) bond motifs is 6. The van der Waals surface area contributed by atoms with E-state index >= 15 is 9.18 Å². The molecule has 3 unspecified atom stereocenters. The minimum atomic E-state index is -2.36. The average Bonchev–Trinajstić information content (AvgIpc) is 3.94. The van der Waals surface area contributed by atoms with Crippen LogP contribution in [0.5, 0.6) is 5.75 Å². The Labute approximate surface area is 373 Å². The van der Waals surface area contributed by atoms with Gasteiger partial charge in [0.25, 0.3) is 0 Å². The molecule has 2 saturated heterocycles. The van der Waals surface area contributed by atoms with Crippen molar-refractivity contribution in [2.24, 2.45) is 11.3 Å². The summed E-state index contributed by atoms with van der Waals surface area (Å²) in [6.45, 7) is 8.35. The molecule has 2 aromatic carbocycles. The molecule has 6 heterocycles. The van der Waals surface area contributed by atoms with Crippen molar-refractivity contribution in [2.45, 2.75) is 99.5 Å². The van der Waals surface area contributed by atoms with E-state index in [1.807, 2.05) is 43.2 Å². The number of aliphatic hydroxyl groups is 1. The molecule has 3 fully saturated rings. The van der Waals surface area contributed by atoms with Gasteiger partial charge in [-0.05, 0) is 86.4 Å². The van der Waals surface area contributed by atoms with Gasteiger partial charge in [-0.15, -0.1) is 0 Å². The number of piperidine rings is 1. The number of carbonyl (C=O) groups is 4. The molecule has 1 aliphatic carbocycles. The van der Waals surface area contributed by atoms with E-state index in [0.717, 1.165) is 11.1 Å². The van der Waals surface area contributed by atoms with Crippen molar-refractivity contribution in [2.75, 3.05) is 73.0 Å². The van der Waals surface area contributed by atoms with Gasteiger partial charge in [-0.3, -0.25) is 14.5 Å². The SMILES string of the molecule is CCC1(NC(=O)NC)C[C@H]2CN(CCc3c([nH]c4ccc(F)cc34)[C@@](C(=O)OC)(c3cc4c(cc3OC)N(C)C3[C@]45CCN4CC=C[C@@](CC)([C@@H](OC(C)=O)[C@]3(O)C(=O)OC)[C@H]45)C2)C1. The Morgan fingerprint density at radius 3 is 2.42 bits per heavy atom. The number of esters is 3. The zero-order chi connectivity index (χ0) is 45.7. The van der Waals surface area contributed by atoms with Gasteiger partial charge in [0, 0.05) is 98.0 Å². The Morgan fingerprint density at radius 1 is 0.984 bits per heavy atom. The van der Waals surface area contributed by atoms with Crippen molar-refractivity contribution in [3.05, 3.63) is 70.7 Å². The maximum absolute atomic E-state index is 15.5. The van der Waals surface area contributed by atoms with Crippen molar-refractivity contribution in [1.82, 2.24) is 25.4 Å². The number of methoxy groups -OCH3 is 3. The molecule has 16 heteroatoms. The van der Waals surface area contributed by atoms with Crippen LogP contribution in [0.15, 0.2) is 42.5 Å². The van der Waals surface area contributed by atoms with Crippen molar-refractivity contribution in [3.8, 4) is 5.75 Å². The number of nitrogens with one attached hydrogen (secondary N) is 3. The standard InChI is InChI=1S/C48H61FN6O9/c1-9-44(52-43(59)50-4)23-28-24-47(41(57)62-7,37-30(14-18-54(25-28)26-44)31-20-29(49)12-13-34(31)51-37)33-21-32-35(22-36(33)61-6)53(5)39-46(32)16-19-55-17-11-15-45(10-2,38(46)55)40(64-27(3)56)48(39,60)42(58)63-8/h11-13,15,20-22,28,38-40,51,60H,9-10,14,16-19,23-26H2,1-8H3,(H2,50,52,59)/t28-,38+,39?,40-,44?,45-,46-,47+,48+/m1/s1. The van der Waals surface area contributed by atoms with Gasteiger partial charge in [-0.25, -0.2) is 14.0 Å². The molecular weight excluding hydrogens is 824 g/mol. The summed E-state index contributed by atoms with van der Waals surface area (Å²) in [5.41, 5.74) is -2.55. The normalized spacial score (nSPS) is 34.8. The Bertz CT molecular complexity index is 2460. The zero-order valence-electron chi connectivity index (χ0n) is 38.1. The molecule has 0 radical (unpaired) electrons. The first-order chi connectivity index (χ1) is 30.6. The van der Waals surface area contributed by atoms with Crippen LogP contribution in [0.25, 0.3) is 10.9 Å². The topological polar surface area (TPSA) is 175 Å². The highest BCUT2D eigenvalue weighted by Crippen LogP contribution is 2.68. The molecule has 344 valence electrons. The van der Waals surface area contributed by atoms with Crippen LogP contribution in [0.2, 0.25) is 0 Å². The van der Waals surface area contributed by atoms with Crippen LogP contribution in [0.1, 0.15) is 75.3 Å². The Hall–Kier alpha value is -5.19. The van der Waals surface area contributed by atoms with Gasteiger partial charge in [0.1, 0.15) is 17.0 Å². The number of aromatic nitrogens is 1. The summed E-state index contributed by atoms with van der Waals surface area (Å²) in [6.07, 6.45) is 5.56. The third kappa shape index (κ3) is 5.86. The molecule has 1 aromatic heterocycles. The van der Waals surface area contributed by atoms with Crippen LogP contribution in [0, 0.1) is 17.2 Å². The summed E-state index contributed by atoms with van der Waals surface area (Å²) in [4.78, 5) is 66.4. The summed E-state index contributed by atoms with van der Waals surface area (Å²) < 4.78 is 39.3. The first-order valence-electron chi connectivity index (χ1n) is 22.5. The van der Waals surface area contributed by atoms with E-state index < -0.39 is 63.3 Å². The fourth-order valence-corrected chi connectivity index (χ4v) is 14.0. The number of nitrogens with zero attached hydrogens (tertiary/aromatic N) is 3. The number of halogens is 1. The lowest BCUT2D eigenvalue weighted by molar-refractivity contribution is -0.228. The minimum Gasteiger partial charge on any atom is -0.496 e. The number of urea groups is 1. The van der Waals surface area contributed by atoms with Gasteiger partial charge in [0.15, 0.2) is 6.10 Å². The lowest BCUT2D eigenvalue weighted by atomic mass is 9.47. The highest BCUT2D eigenvalue weighted by atomic mass is 19.1. The van der Waals surface area contributed by atoms with E-state index in [4.69, 9.17) is 18.9 Å². The highest BCUT2D eigenvalue weighted by molar-refractivity contribution is 5.95. The molecule has 15 nitrogen and oxygen atoms in total. The van der Waals surface area contributed by atoms with Gasteiger partial charge in [0.05, 0.1) is 32.9 Å². The summed E-state index contributed by atoms with van der Waals surface area (Å²) >= 11 is 0. The number of carbonyl (C=O) groups excluding carboxylic acids is 4. The number of H-pyrrole nitrogens is 1. The number of hydrogen-bond donors (Lipinski definition) is 4. The van der Waals surface area contributed by atoms with Gasteiger partial charge in [-0.2, -0.15) is 0 Å². The molecule has 4 N–H and O–H groups in total. The Balaban J connectivity index is 1.35. The first-order valence-corrected chi connectivity index (χ1v) is 22.5. The highest BCUT2D eigenvalue weighted by Gasteiger charge is 2.80. The summed E-state index contributed by atoms with van der Waals surface area (Å²) in [5, 5.41) is 20.1. The molecular formula is C48H61FN6O9. The Morgan fingerprint density at radius 2 is 1.75 bits per heavy atom. The first kappa shape index (κ1) is 44.0. The largest absolute Gasteiger partial charge is 0.496 e. The predicted molar refractivity (Wildman–Crippen MR) is 236 cm³/mol. The second kappa shape index (κ2) is 15.5. The number of amides is 2. The number of anilines is 1. The maximum atomic E-state index is 15.5. The van der Waals surface area contributed by atoms with Gasteiger partial charge >= 0.3 is 23.9 Å². The van der Waals surface area contributed by atoms with E-state index in [-0.39, 0.29) is 24.4 Å². The van der Waals surface area contributed by atoms with Crippen LogP contribution in [0.4, 0.5) is 14.9 Å². The van der Waals surface area contributed by atoms with Crippen LogP contribution >= 0.6 is 0 Å². The molecule has 5 aliphatic heterocycles. The zero-order valence-corrected chi connectivity index (χ0v) is 38.1. The number of hydrogen-bond acceptors (Lipinski definition) is 12. The van der Waals surface area contributed by atoms with Crippen LogP contribution < -0.4 is 20.3 Å². The van der Waals surface area contributed by atoms with Gasteiger partial charge in [-0.1, -0.05) is 26.0 Å². The van der Waals surface area contributed by atoms with Crippen molar-refractivity contribution >= 4 is 40.5 Å². The number of benzene rings is 2. The number of ether oxygens (including phenoxy) is 4.